The lowest BCUT2D eigenvalue weighted by Gasteiger charge is -2.26. The second-order valence-electron chi connectivity index (χ2n) is 6.14. The summed E-state index contributed by atoms with van der Waals surface area (Å²) in [5, 5.41) is 9.34. The minimum absolute atomic E-state index is 0.00557. The van der Waals surface area contributed by atoms with Gasteiger partial charge in [0.05, 0.1) is 0 Å². The van der Waals surface area contributed by atoms with Gasteiger partial charge < -0.3 is 4.42 Å². The number of rotatable bonds is 4. The van der Waals surface area contributed by atoms with Crippen LogP contribution in [-0.4, -0.2) is 23.3 Å². The summed E-state index contributed by atoms with van der Waals surface area (Å²) in [6.45, 7) is 3.76. The molecule has 27 heavy (non-hydrogen) atoms. The molecule has 6 heteroatoms. The van der Waals surface area contributed by atoms with Crippen LogP contribution in [0.15, 0.2) is 62.0 Å². The Morgan fingerprint density at radius 1 is 1.15 bits per heavy atom. The summed E-state index contributed by atoms with van der Waals surface area (Å²) in [6.07, 6.45) is 2.21. The smallest absolute Gasteiger partial charge is 0.271 e. The first-order valence-corrected chi connectivity index (χ1v) is 9.30. The highest BCUT2D eigenvalue weighted by Crippen LogP contribution is 2.29. The van der Waals surface area contributed by atoms with Crippen molar-refractivity contribution in [2.24, 2.45) is 0 Å². The van der Waals surface area contributed by atoms with E-state index >= 15 is 0 Å². The van der Waals surface area contributed by atoms with Crippen molar-refractivity contribution < 1.29 is 14.0 Å². The van der Waals surface area contributed by atoms with Gasteiger partial charge in [-0.3, -0.25) is 14.5 Å². The highest BCUT2D eigenvalue weighted by Gasteiger charge is 2.34. The van der Waals surface area contributed by atoms with Crippen LogP contribution in [0, 0.1) is 11.3 Å². The molecule has 0 radical (unpaired) electrons. The van der Waals surface area contributed by atoms with E-state index in [1.54, 1.807) is 19.1 Å². The standard InChI is InChI=1S/C21H17BrN2O3/c1-3-10-24-20(25)17(13(2)18(12-23)21(24)26)11-16-8-9-19(27-16)14-4-6-15(22)7-5-14/h4-9,11H,3,10H2,1-2H3. The zero-order valence-corrected chi connectivity index (χ0v) is 16.5. The van der Waals surface area contributed by atoms with Crippen LogP contribution in [0.2, 0.25) is 0 Å². The minimum Gasteiger partial charge on any atom is -0.457 e. The van der Waals surface area contributed by atoms with E-state index in [0.29, 0.717) is 29.1 Å². The molecule has 0 unspecified atom stereocenters. The summed E-state index contributed by atoms with van der Waals surface area (Å²) in [5.41, 5.74) is 1.58. The van der Waals surface area contributed by atoms with Crippen LogP contribution in [0.5, 0.6) is 0 Å². The van der Waals surface area contributed by atoms with Gasteiger partial charge in [0.25, 0.3) is 11.8 Å². The van der Waals surface area contributed by atoms with Gasteiger partial charge in [-0.2, -0.15) is 5.26 Å². The van der Waals surface area contributed by atoms with E-state index in [1.807, 2.05) is 43.3 Å². The van der Waals surface area contributed by atoms with E-state index in [-0.39, 0.29) is 12.1 Å². The van der Waals surface area contributed by atoms with Gasteiger partial charge in [-0.1, -0.05) is 35.0 Å². The third-order valence-electron chi connectivity index (χ3n) is 4.31. The number of nitriles is 1. The predicted octanol–water partition coefficient (Wildman–Crippen LogP) is 4.71. The summed E-state index contributed by atoms with van der Waals surface area (Å²) in [6, 6.07) is 13.2. The summed E-state index contributed by atoms with van der Waals surface area (Å²) < 4.78 is 6.82. The molecule has 2 heterocycles. The number of carbonyl (C=O) groups is 2. The molecule has 3 rings (SSSR count). The number of halogens is 1. The van der Waals surface area contributed by atoms with E-state index in [4.69, 9.17) is 4.42 Å². The van der Waals surface area contributed by atoms with Crippen LogP contribution in [0.1, 0.15) is 26.0 Å². The molecular formula is C21H17BrN2O3. The lowest BCUT2D eigenvalue weighted by atomic mass is 9.94. The monoisotopic (exact) mass is 424 g/mol. The fourth-order valence-corrected chi connectivity index (χ4v) is 3.16. The maximum Gasteiger partial charge on any atom is 0.271 e. The predicted molar refractivity (Wildman–Crippen MR) is 105 cm³/mol. The number of benzene rings is 1. The van der Waals surface area contributed by atoms with Gasteiger partial charge >= 0.3 is 0 Å². The number of nitrogens with zero attached hydrogens (tertiary/aromatic N) is 2. The van der Waals surface area contributed by atoms with Gasteiger partial charge in [0, 0.05) is 22.2 Å². The molecule has 0 spiro atoms. The van der Waals surface area contributed by atoms with Crippen molar-refractivity contribution in [1.82, 2.24) is 4.90 Å². The summed E-state index contributed by atoms with van der Waals surface area (Å²) in [4.78, 5) is 26.2. The Hall–Kier alpha value is -2.91. The molecule has 0 N–H and O–H groups in total. The average Bonchev–Trinajstić information content (AvgIpc) is 3.12. The lowest BCUT2D eigenvalue weighted by Crippen LogP contribution is -2.43. The second kappa shape index (κ2) is 7.77. The van der Waals surface area contributed by atoms with E-state index < -0.39 is 11.8 Å². The Kier molecular flexibility index (Phi) is 5.43. The number of carbonyl (C=O) groups excluding carboxylic acids is 2. The minimum atomic E-state index is -0.533. The van der Waals surface area contributed by atoms with E-state index in [9.17, 15) is 14.9 Å². The van der Waals surface area contributed by atoms with Crippen molar-refractivity contribution in [2.45, 2.75) is 20.3 Å². The highest BCUT2D eigenvalue weighted by molar-refractivity contribution is 9.10. The molecule has 0 saturated heterocycles. The Labute approximate surface area is 165 Å². The van der Waals surface area contributed by atoms with E-state index in [2.05, 4.69) is 15.9 Å². The zero-order valence-electron chi connectivity index (χ0n) is 15.0. The molecule has 0 fully saturated rings. The molecule has 1 aromatic carbocycles. The molecular weight excluding hydrogens is 408 g/mol. The molecule has 1 aliphatic rings. The number of furan rings is 1. The first-order chi connectivity index (χ1) is 13.0. The van der Waals surface area contributed by atoms with Gasteiger partial charge in [0.2, 0.25) is 0 Å². The van der Waals surface area contributed by atoms with Crippen molar-refractivity contribution >= 4 is 33.8 Å². The van der Waals surface area contributed by atoms with Crippen LogP contribution in [-0.2, 0) is 9.59 Å². The van der Waals surface area contributed by atoms with Gasteiger partial charge in [0.1, 0.15) is 23.2 Å². The normalized spacial score (nSPS) is 16.2. The Morgan fingerprint density at radius 2 is 1.85 bits per heavy atom. The fraction of sp³-hybridized carbons (Fsp3) is 0.190. The van der Waals surface area contributed by atoms with Crippen LogP contribution >= 0.6 is 15.9 Å². The topological polar surface area (TPSA) is 74.3 Å². The maximum atomic E-state index is 12.8. The van der Waals surface area contributed by atoms with E-state index in [1.165, 1.54) is 0 Å². The lowest BCUT2D eigenvalue weighted by molar-refractivity contribution is -0.140. The first-order valence-electron chi connectivity index (χ1n) is 8.51. The van der Waals surface area contributed by atoms with Gasteiger partial charge in [0.15, 0.2) is 0 Å². The van der Waals surface area contributed by atoms with Crippen molar-refractivity contribution in [1.29, 1.82) is 5.26 Å². The summed E-state index contributed by atoms with van der Waals surface area (Å²) in [5.74, 6) is 0.217. The Morgan fingerprint density at radius 3 is 2.48 bits per heavy atom. The molecule has 136 valence electrons. The Balaban J connectivity index is 2.01. The van der Waals surface area contributed by atoms with Crippen LogP contribution in [0.25, 0.3) is 17.4 Å². The van der Waals surface area contributed by atoms with Gasteiger partial charge in [-0.15, -0.1) is 0 Å². The highest BCUT2D eigenvalue weighted by atomic mass is 79.9. The third kappa shape index (κ3) is 3.64. The molecule has 0 bridgehead atoms. The molecule has 2 aromatic rings. The van der Waals surface area contributed by atoms with Crippen molar-refractivity contribution in [3.8, 4) is 17.4 Å². The van der Waals surface area contributed by atoms with Crippen LogP contribution < -0.4 is 0 Å². The first kappa shape index (κ1) is 18.9. The zero-order chi connectivity index (χ0) is 19.6. The molecule has 1 aliphatic heterocycles. The third-order valence-corrected chi connectivity index (χ3v) is 4.84. The number of hydrogen-bond donors (Lipinski definition) is 0. The summed E-state index contributed by atoms with van der Waals surface area (Å²) >= 11 is 3.40. The van der Waals surface area contributed by atoms with Crippen molar-refractivity contribution in [3.63, 3.8) is 0 Å². The molecule has 1 aromatic heterocycles. The molecule has 0 atom stereocenters. The summed E-state index contributed by atoms with van der Waals surface area (Å²) in [7, 11) is 0. The molecule has 5 nitrogen and oxygen atoms in total. The fourth-order valence-electron chi connectivity index (χ4n) is 2.90. The molecule has 0 aliphatic carbocycles. The van der Waals surface area contributed by atoms with Gasteiger partial charge in [-0.05, 0) is 49.3 Å². The van der Waals surface area contributed by atoms with Gasteiger partial charge in [-0.25, -0.2) is 0 Å². The number of imide groups is 1. The molecule has 0 saturated carbocycles. The number of amides is 2. The largest absolute Gasteiger partial charge is 0.457 e. The average molecular weight is 425 g/mol. The Bertz CT molecular complexity index is 1010. The van der Waals surface area contributed by atoms with Crippen molar-refractivity contribution in [2.75, 3.05) is 6.54 Å². The van der Waals surface area contributed by atoms with Crippen LogP contribution in [0.3, 0.4) is 0 Å². The SMILES string of the molecule is CCCN1C(=O)C(=Cc2ccc(-c3ccc(Br)cc3)o2)C(C)=C(C#N)C1=O. The number of hydrogen-bond acceptors (Lipinski definition) is 4. The second-order valence-corrected chi connectivity index (χ2v) is 7.06. The van der Waals surface area contributed by atoms with E-state index in [0.717, 1.165) is 14.9 Å². The van der Waals surface area contributed by atoms with Crippen molar-refractivity contribution in [3.05, 3.63) is 63.4 Å². The quantitative estimate of drug-likeness (QED) is 0.525. The molecule has 2 amide bonds. The van der Waals surface area contributed by atoms with Crippen LogP contribution in [0.4, 0.5) is 0 Å². The maximum absolute atomic E-state index is 12.8.